The number of piperazine rings is 1. The molecule has 0 unspecified atom stereocenters. The number of aryl methyl sites for hydroxylation is 1. The topological polar surface area (TPSA) is 76.4 Å². The number of aromatic nitrogens is 2. The first-order chi connectivity index (χ1) is 16.1. The number of hydrogen-bond acceptors (Lipinski definition) is 5. The van der Waals surface area contributed by atoms with E-state index in [9.17, 15) is 9.59 Å². The fourth-order valence-corrected chi connectivity index (χ4v) is 4.47. The van der Waals surface area contributed by atoms with Crippen LogP contribution in [0.1, 0.15) is 34.5 Å². The third-order valence-corrected chi connectivity index (χ3v) is 6.30. The summed E-state index contributed by atoms with van der Waals surface area (Å²) in [5.41, 5.74) is 3.32. The predicted molar refractivity (Wildman–Crippen MR) is 122 cm³/mol. The van der Waals surface area contributed by atoms with Crippen LogP contribution in [0.4, 0.5) is 0 Å². The first-order valence-corrected chi connectivity index (χ1v) is 11.4. The van der Waals surface area contributed by atoms with Crippen molar-refractivity contribution in [2.24, 2.45) is 0 Å². The Morgan fingerprint density at radius 3 is 2.64 bits per heavy atom. The fourth-order valence-electron chi connectivity index (χ4n) is 4.47. The SMILES string of the molecule is Cc1cccn2cc(COc3ccccc3C(=O)N3CCN(C(=O)[C@H]4CCCO4)CC3)nc12. The van der Waals surface area contributed by atoms with Gasteiger partial charge in [0, 0.05) is 45.2 Å². The maximum atomic E-state index is 13.2. The minimum absolute atomic E-state index is 0.0472. The molecule has 0 bridgehead atoms. The third-order valence-electron chi connectivity index (χ3n) is 6.30. The molecule has 2 saturated heterocycles. The second-order valence-corrected chi connectivity index (χ2v) is 8.56. The maximum Gasteiger partial charge on any atom is 0.257 e. The van der Waals surface area contributed by atoms with Gasteiger partial charge in [-0.25, -0.2) is 4.98 Å². The molecule has 2 aromatic heterocycles. The van der Waals surface area contributed by atoms with Crippen LogP contribution in [0.2, 0.25) is 0 Å². The summed E-state index contributed by atoms with van der Waals surface area (Å²) < 4.78 is 13.5. The normalized spacial score (nSPS) is 18.6. The summed E-state index contributed by atoms with van der Waals surface area (Å²) in [5, 5.41) is 0. The van der Waals surface area contributed by atoms with Gasteiger partial charge in [-0.1, -0.05) is 18.2 Å². The Bertz CT molecular complexity index is 1160. The third kappa shape index (κ3) is 4.43. The Labute approximate surface area is 192 Å². The number of rotatable bonds is 5. The molecule has 2 aliphatic rings. The highest BCUT2D eigenvalue weighted by Crippen LogP contribution is 2.23. The monoisotopic (exact) mass is 448 g/mol. The number of benzene rings is 1. The van der Waals surface area contributed by atoms with Gasteiger partial charge in [-0.05, 0) is 43.5 Å². The predicted octanol–water partition coefficient (Wildman–Crippen LogP) is 2.69. The zero-order valence-electron chi connectivity index (χ0n) is 18.8. The van der Waals surface area contributed by atoms with E-state index >= 15 is 0 Å². The van der Waals surface area contributed by atoms with E-state index in [1.165, 1.54) is 0 Å². The average Bonchev–Trinajstić information content (AvgIpc) is 3.53. The summed E-state index contributed by atoms with van der Waals surface area (Å²) in [4.78, 5) is 34.1. The van der Waals surface area contributed by atoms with Crippen LogP contribution >= 0.6 is 0 Å². The molecular formula is C25H28N4O4. The number of pyridine rings is 1. The van der Waals surface area contributed by atoms with Crippen molar-refractivity contribution in [3.05, 3.63) is 65.6 Å². The van der Waals surface area contributed by atoms with Crippen LogP contribution in [0.15, 0.2) is 48.8 Å². The van der Waals surface area contributed by atoms with Gasteiger partial charge in [0.2, 0.25) is 0 Å². The van der Waals surface area contributed by atoms with Gasteiger partial charge in [0.05, 0.1) is 11.3 Å². The van der Waals surface area contributed by atoms with Crippen LogP contribution in [-0.4, -0.2) is 69.9 Å². The molecule has 8 nitrogen and oxygen atoms in total. The van der Waals surface area contributed by atoms with Gasteiger partial charge in [0.1, 0.15) is 24.1 Å². The molecule has 0 radical (unpaired) electrons. The molecule has 0 N–H and O–H groups in total. The van der Waals surface area contributed by atoms with Crippen molar-refractivity contribution < 1.29 is 19.1 Å². The van der Waals surface area contributed by atoms with E-state index in [1.54, 1.807) is 11.0 Å². The minimum atomic E-state index is -0.315. The van der Waals surface area contributed by atoms with Gasteiger partial charge in [-0.3, -0.25) is 9.59 Å². The Hall–Kier alpha value is -3.39. The molecule has 33 heavy (non-hydrogen) atoms. The van der Waals surface area contributed by atoms with Gasteiger partial charge in [0.25, 0.3) is 11.8 Å². The van der Waals surface area contributed by atoms with E-state index in [2.05, 4.69) is 4.98 Å². The minimum Gasteiger partial charge on any atom is -0.486 e. The number of fused-ring (bicyclic) bond motifs is 1. The molecule has 2 fully saturated rings. The summed E-state index contributed by atoms with van der Waals surface area (Å²) in [5.74, 6) is 0.501. The van der Waals surface area contributed by atoms with Gasteiger partial charge < -0.3 is 23.7 Å². The lowest BCUT2D eigenvalue weighted by molar-refractivity contribution is -0.142. The molecule has 172 valence electrons. The largest absolute Gasteiger partial charge is 0.486 e. The quantitative estimate of drug-likeness (QED) is 0.600. The van der Waals surface area contributed by atoms with E-state index in [1.807, 2.05) is 58.9 Å². The molecule has 2 amide bonds. The van der Waals surface area contributed by atoms with E-state index in [4.69, 9.17) is 9.47 Å². The summed E-state index contributed by atoms with van der Waals surface area (Å²) in [7, 11) is 0. The Morgan fingerprint density at radius 2 is 1.88 bits per heavy atom. The number of para-hydroxylation sites is 1. The van der Waals surface area contributed by atoms with Crippen molar-refractivity contribution in [2.45, 2.75) is 32.5 Å². The highest BCUT2D eigenvalue weighted by Gasteiger charge is 2.32. The maximum absolute atomic E-state index is 13.2. The van der Waals surface area contributed by atoms with Crippen molar-refractivity contribution in [1.29, 1.82) is 0 Å². The van der Waals surface area contributed by atoms with Gasteiger partial charge in [0.15, 0.2) is 0 Å². The van der Waals surface area contributed by atoms with Crippen molar-refractivity contribution >= 4 is 17.5 Å². The Balaban J connectivity index is 1.23. The highest BCUT2D eigenvalue weighted by molar-refractivity contribution is 5.97. The summed E-state index contributed by atoms with van der Waals surface area (Å²) in [6, 6.07) is 11.3. The zero-order chi connectivity index (χ0) is 22.8. The van der Waals surface area contributed by atoms with Crippen molar-refractivity contribution in [2.75, 3.05) is 32.8 Å². The lowest BCUT2D eigenvalue weighted by atomic mass is 10.1. The smallest absolute Gasteiger partial charge is 0.257 e. The molecule has 2 aliphatic heterocycles. The van der Waals surface area contributed by atoms with Gasteiger partial charge in [-0.15, -0.1) is 0 Å². The molecule has 0 aliphatic carbocycles. The number of ether oxygens (including phenoxy) is 2. The van der Waals surface area contributed by atoms with E-state index in [-0.39, 0.29) is 24.5 Å². The van der Waals surface area contributed by atoms with Gasteiger partial charge in [-0.2, -0.15) is 0 Å². The summed E-state index contributed by atoms with van der Waals surface area (Å²) >= 11 is 0. The summed E-state index contributed by atoms with van der Waals surface area (Å²) in [6.07, 6.45) is 5.30. The first kappa shape index (κ1) is 21.5. The molecule has 5 rings (SSSR count). The molecule has 3 aromatic rings. The van der Waals surface area contributed by atoms with Crippen LogP contribution in [0.25, 0.3) is 5.65 Å². The van der Waals surface area contributed by atoms with E-state index in [0.29, 0.717) is 44.1 Å². The van der Waals surface area contributed by atoms with Crippen molar-refractivity contribution in [3.63, 3.8) is 0 Å². The standard InChI is InChI=1S/C25H28N4O4/c1-18-6-4-10-29-16-19(26-23(18)29)17-33-21-8-3-2-7-20(21)24(30)27-11-13-28(14-12-27)25(31)22-9-5-15-32-22/h2-4,6-8,10,16,22H,5,9,11-15,17H2,1H3/t22-/m1/s1. The molecule has 1 aromatic carbocycles. The zero-order valence-corrected chi connectivity index (χ0v) is 18.8. The Kier molecular flexibility index (Phi) is 6.00. The number of carbonyl (C=O) groups excluding carboxylic acids is 2. The highest BCUT2D eigenvalue weighted by atomic mass is 16.5. The summed E-state index contributed by atoms with van der Waals surface area (Å²) in [6.45, 7) is 4.99. The van der Waals surface area contributed by atoms with Crippen molar-refractivity contribution in [3.8, 4) is 5.75 Å². The fraction of sp³-hybridized carbons (Fsp3) is 0.400. The number of hydrogen-bond donors (Lipinski definition) is 0. The average molecular weight is 449 g/mol. The molecule has 8 heteroatoms. The molecule has 0 saturated carbocycles. The van der Waals surface area contributed by atoms with Crippen LogP contribution in [-0.2, 0) is 16.1 Å². The lowest BCUT2D eigenvalue weighted by Gasteiger charge is -2.36. The van der Waals surface area contributed by atoms with Crippen LogP contribution in [0.3, 0.4) is 0 Å². The number of carbonyl (C=O) groups is 2. The number of nitrogens with zero attached hydrogens (tertiary/aromatic N) is 4. The molecule has 4 heterocycles. The second-order valence-electron chi connectivity index (χ2n) is 8.56. The lowest BCUT2D eigenvalue weighted by Crippen LogP contribution is -2.52. The van der Waals surface area contributed by atoms with Crippen LogP contribution in [0.5, 0.6) is 5.75 Å². The first-order valence-electron chi connectivity index (χ1n) is 11.4. The Morgan fingerprint density at radius 1 is 1.09 bits per heavy atom. The van der Waals surface area contributed by atoms with Gasteiger partial charge >= 0.3 is 0 Å². The van der Waals surface area contributed by atoms with Crippen LogP contribution < -0.4 is 4.74 Å². The molecule has 0 spiro atoms. The molecular weight excluding hydrogens is 420 g/mol. The number of imidazole rings is 1. The molecule has 1 atom stereocenters. The number of amides is 2. The second kappa shape index (κ2) is 9.23. The van der Waals surface area contributed by atoms with E-state index < -0.39 is 0 Å². The van der Waals surface area contributed by atoms with E-state index in [0.717, 1.165) is 29.7 Å². The van der Waals surface area contributed by atoms with Crippen LogP contribution in [0, 0.1) is 6.92 Å². The van der Waals surface area contributed by atoms with Crippen molar-refractivity contribution in [1.82, 2.24) is 19.2 Å².